The number of nitrogens with zero attached hydrogens (tertiary/aromatic N) is 1. The van der Waals surface area contributed by atoms with Gasteiger partial charge in [-0.1, -0.05) is 72.8 Å². The SMILES string of the molecule is O=C1CN(Cc2ccccc2)CC2=C1C(c1ccccc1)Nc1ccccc1N2. The molecule has 5 rings (SSSR count). The molecule has 0 amide bonds. The van der Waals surface area contributed by atoms with E-state index in [1.54, 1.807) is 0 Å². The number of anilines is 2. The van der Waals surface area contributed by atoms with E-state index in [0.717, 1.165) is 41.3 Å². The summed E-state index contributed by atoms with van der Waals surface area (Å²) in [5.74, 6) is 0.170. The van der Waals surface area contributed by atoms with Crippen molar-refractivity contribution in [3.8, 4) is 0 Å². The van der Waals surface area contributed by atoms with Gasteiger partial charge < -0.3 is 10.6 Å². The minimum absolute atomic E-state index is 0.159. The normalized spacial score (nSPS) is 18.9. The number of ketones is 1. The van der Waals surface area contributed by atoms with E-state index in [1.807, 2.05) is 48.5 Å². The molecule has 0 aromatic heterocycles. The Bertz CT molecular complexity index is 1060. The van der Waals surface area contributed by atoms with Crippen LogP contribution in [0.1, 0.15) is 17.2 Å². The van der Waals surface area contributed by atoms with Crippen LogP contribution >= 0.6 is 0 Å². The zero-order valence-corrected chi connectivity index (χ0v) is 16.1. The van der Waals surface area contributed by atoms with Crippen LogP contribution in [-0.2, 0) is 11.3 Å². The second kappa shape index (κ2) is 7.57. The van der Waals surface area contributed by atoms with Crippen molar-refractivity contribution in [2.45, 2.75) is 12.6 Å². The number of benzene rings is 3. The Morgan fingerprint density at radius 2 is 1.45 bits per heavy atom. The highest BCUT2D eigenvalue weighted by molar-refractivity contribution is 6.02. The average molecular weight is 381 g/mol. The molecule has 2 N–H and O–H groups in total. The molecule has 2 aliphatic heterocycles. The Labute approximate surface area is 170 Å². The number of carbonyl (C=O) groups excluding carboxylic acids is 1. The molecule has 0 radical (unpaired) electrons. The van der Waals surface area contributed by atoms with Gasteiger partial charge in [0, 0.05) is 24.4 Å². The molecular formula is C25H23N3O. The van der Waals surface area contributed by atoms with Crippen molar-refractivity contribution in [3.63, 3.8) is 0 Å². The zero-order chi connectivity index (χ0) is 19.6. The summed E-state index contributed by atoms with van der Waals surface area (Å²) in [6.45, 7) is 1.90. The third-order valence-electron chi connectivity index (χ3n) is 5.56. The summed E-state index contributed by atoms with van der Waals surface area (Å²) in [6.07, 6.45) is 0. The number of para-hydroxylation sites is 2. The van der Waals surface area contributed by atoms with Gasteiger partial charge in [0.2, 0.25) is 0 Å². The molecule has 0 fully saturated rings. The molecule has 4 heteroatoms. The summed E-state index contributed by atoms with van der Waals surface area (Å²) >= 11 is 0. The van der Waals surface area contributed by atoms with E-state index in [9.17, 15) is 4.79 Å². The summed E-state index contributed by atoms with van der Waals surface area (Å²) in [4.78, 5) is 15.5. The Morgan fingerprint density at radius 1 is 0.793 bits per heavy atom. The van der Waals surface area contributed by atoms with Crippen LogP contribution in [0, 0.1) is 0 Å². The van der Waals surface area contributed by atoms with Gasteiger partial charge in [-0.3, -0.25) is 9.69 Å². The van der Waals surface area contributed by atoms with Crippen LogP contribution in [0.25, 0.3) is 0 Å². The molecule has 0 spiro atoms. The van der Waals surface area contributed by atoms with Crippen molar-refractivity contribution in [1.29, 1.82) is 0 Å². The van der Waals surface area contributed by atoms with Gasteiger partial charge >= 0.3 is 0 Å². The summed E-state index contributed by atoms with van der Waals surface area (Å²) in [6, 6.07) is 28.5. The number of hydrogen-bond acceptors (Lipinski definition) is 4. The Balaban J connectivity index is 1.54. The van der Waals surface area contributed by atoms with Crippen molar-refractivity contribution >= 4 is 17.2 Å². The smallest absolute Gasteiger partial charge is 0.177 e. The van der Waals surface area contributed by atoms with Crippen molar-refractivity contribution in [1.82, 2.24) is 4.90 Å². The van der Waals surface area contributed by atoms with Crippen LogP contribution in [0.15, 0.2) is 96.2 Å². The number of rotatable bonds is 3. The fraction of sp³-hybridized carbons (Fsp3) is 0.160. The molecule has 144 valence electrons. The first-order valence-electron chi connectivity index (χ1n) is 9.98. The summed E-state index contributed by atoms with van der Waals surface area (Å²) < 4.78 is 0. The fourth-order valence-electron chi connectivity index (χ4n) is 4.22. The highest BCUT2D eigenvalue weighted by Crippen LogP contribution is 2.38. The lowest BCUT2D eigenvalue weighted by Crippen LogP contribution is -2.40. The Morgan fingerprint density at radius 3 is 2.21 bits per heavy atom. The minimum Gasteiger partial charge on any atom is -0.372 e. The van der Waals surface area contributed by atoms with E-state index in [-0.39, 0.29) is 11.8 Å². The van der Waals surface area contributed by atoms with Gasteiger partial charge in [0.05, 0.1) is 24.0 Å². The highest BCUT2D eigenvalue weighted by atomic mass is 16.1. The Hall–Kier alpha value is -3.37. The van der Waals surface area contributed by atoms with Crippen molar-refractivity contribution < 1.29 is 4.79 Å². The summed E-state index contributed by atoms with van der Waals surface area (Å²) in [5.41, 5.74) is 6.17. The van der Waals surface area contributed by atoms with Crippen LogP contribution in [0.2, 0.25) is 0 Å². The molecule has 2 aliphatic rings. The largest absolute Gasteiger partial charge is 0.372 e. The Kier molecular flexibility index (Phi) is 4.62. The average Bonchev–Trinajstić information content (AvgIpc) is 2.92. The third kappa shape index (κ3) is 3.55. The van der Waals surface area contributed by atoms with Crippen LogP contribution in [0.4, 0.5) is 11.4 Å². The number of Topliss-reactive ketones (excluding diaryl/α,β-unsaturated/α-hetero) is 1. The molecule has 1 atom stereocenters. The lowest BCUT2D eigenvalue weighted by atomic mass is 9.91. The van der Waals surface area contributed by atoms with E-state index in [1.165, 1.54) is 5.56 Å². The van der Waals surface area contributed by atoms with E-state index >= 15 is 0 Å². The zero-order valence-electron chi connectivity index (χ0n) is 16.1. The molecule has 4 nitrogen and oxygen atoms in total. The first-order chi connectivity index (χ1) is 14.3. The maximum absolute atomic E-state index is 13.3. The molecule has 1 unspecified atom stereocenters. The quantitative estimate of drug-likeness (QED) is 0.696. The van der Waals surface area contributed by atoms with Crippen molar-refractivity contribution in [2.75, 3.05) is 23.7 Å². The van der Waals surface area contributed by atoms with Gasteiger partial charge in [0.15, 0.2) is 5.78 Å². The first-order valence-corrected chi connectivity index (χ1v) is 9.98. The van der Waals surface area contributed by atoms with E-state index in [4.69, 9.17) is 0 Å². The lowest BCUT2D eigenvalue weighted by Gasteiger charge is -2.32. The van der Waals surface area contributed by atoms with E-state index < -0.39 is 0 Å². The molecular weight excluding hydrogens is 358 g/mol. The molecule has 3 aromatic rings. The first kappa shape index (κ1) is 17.7. The highest BCUT2D eigenvalue weighted by Gasteiger charge is 2.34. The lowest BCUT2D eigenvalue weighted by molar-refractivity contribution is -0.117. The maximum Gasteiger partial charge on any atom is 0.177 e. The summed E-state index contributed by atoms with van der Waals surface area (Å²) in [5, 5.41) is 7.17. The van der Waals surface area contributed by atoms with Gasteiger partial charge in [-0.15, -0.1) is 0 Å². The number of carbonyl (C=O) groups is 1. The molecule has 29 heavy (non-hydrogen) atoms. The van der Waals surface area contributed by atoms with E-state index in [2.05, 4.69) is 51.9 Å². The fourth-order valence-corrected chi connectivity index (χ4v) is 4.22. The topological polar surface area (TPSA) is 44.4 Å². The van der Waals surface area contributed by atoms with Gasteiger partial charge in [-0.25, -0.2) is 0 Å². The number of hydrogen-bond donors (Lipinski definition) is 2. The van der Waals surface area contributed by atoms with Gasteiger partial charge in [0.1, 0.15) is 0 Å². The van der Waals surface area contributed by atoms with Crippen molar-refractivity contribution in [2.24, 2.45) is 0 Å². The molecule has 0 saturated heterocycles. The second-order valence-corrected chi connectivity index (χ2v) is 7.60. The minimum atomic E-state index is -0.159. The predicted octanol–water partition coefficient (Wildman–Crippen LogP) is 4.60. The second-order valence-electron chi connectivity index (χ2n) is 7.60. The molecule has 0 saturated carbocycles. The monoisotopic (exact) mass is 381 g/mol. The van der Waals surface area contributed by atoms with Crippen LogP contribution < -0.4 is 10.6 Å². The van der Waals surface area contributed by atoms with Gasteiger partial charge in [0.25, 0.3) is 0 Å². The van der Waals surface area contributed by atoms with Crippen LogP contribution in [0.5, 0.6) is 0 Å². The van der Waals surface area contributed by atoms with Crippen molar-refractivity contribution in [3.05, 3.63) is 107 Å². The molecule has 3 aromatic carbocycles. The standard InChI is InChI=1S/C25H23N3O/c29-23-17-28(15-18-9-3-1-4-10-18)16-22-24(23)25(19-11-5-2-6-12-19)27-21-14-8-7-13-20(21)26-22/h1-14,25-27H,15-17H2. The molecule has 0 bridgehead atoms. The predicted molar refractivity (Wildman–Crippen MR) is 117 cm³/mol. The van der Waals surface area contributed by atoms with Gasteiger partial charge in [-0.2, -0.15) is 0 Å². The van der Waals surface area contributed by atoms with E-state index in [0.29, 0.717) is 6.54 Å². The molecule has 2 heterocycles. The third-order valence-corrected chi connectivity index (χ3v) is 5.56. The summed E-state index contributed by atoms with van der Waals surface area (Å²) in [7, 11) is 0. The molecule has 0 aliphatic carbocycles. The maximum atomic E-state index is 13.3. The number of fused-ring (bicyclic) bond motifs is 1. The van der Waals surface area contributed by atoms with Crippen LogP contribution in [0.3, 0.4) is 0 Å². The number of nitrogens with one attached hydrogen (secondary N) is 2. The van der Waals surface area contributed by atoms with Crippen LogP contribution in [-0.4, -0.2) is 23.8 Å². The van der Waals surface area contributed by atoms with Gasteiger partial charge in [-0.05, 0) is 23.3 Å².